The van der Waals surface area contributed by atoms with Gasteiger partial charge in [0.1, 0.15) is 18.2 Å². The summed E-state index contributed by atoms with van der Waals surface area (Å²) in [5, 5.41) is 17.1. The molecule has 5 nitrogen and oxygen atoms in total. The molecule has 5 heteroatoms. The molecule has 0 unspecified atom stereocenters. The summed E-state index contributed by atoms with van der Waals surface area (Å²) in [7, 11) is 0. The number of fused-ring (bicyclic) bond motifs is 1. The standard InChI is InChI=1S/C12H13N3O2/c13-12(14)9-7-15-10-4-2-1-3-8(10)11(9)17-6-5-16/h1-4,7,16H,5-6H2,(H3,13,14). The highest BCUT2D eigenvalue weighted by atomic mass is 16.5. The molecule has 0 radical (unpaired) electrons. The van der Waals surface area contributed by atoms with Crippen LogP contribution in [0.3, 0.4) is 0 Å². The van der Waals surface area contributed by atoms with E-state index in [0.717, 1.165) is 10.9 Å². The van der Waals surface area contributed by atoms with Crippen LogP contribution in [0.1, 0.15) is 5.56 Å². The number of ether oxygens (including phenoxy) is 1. The van der Waals surface area contributed by atoms with Crippen LogP contribution in [0.4, 0.5) is 0 Å². The lowest BCUT2D eigenvalue weighted by molar-refractivity contribution is 0.202. The van der Waals surface area contributed by atoms with E-state index in [4.69, 9.17) is 21.0 Å². The van der Waals surface area contributed by atoms with Crippen molar-refractivity contribution in [3.8, 4) is 5.75 Å². The molecule has 0 amide bonds. The summed E-state index contributed by atoms with van der Waals surface area (Å²) in [5.74, 6) is 0.397. The zero-order chi connectivity index (χ0) is 12.3. The number of nitrogens with one attached hydrogen (secondary N) is 1. The van der Waals surface area contributed by atoms with Crippen LogP contribution in [0.25, 0.3) is 10.9 Å². The summed E-state index contributed by atoms with van der Waals surface area (Å²) in [6.45, 7) is 0.0717. The van der Waals surface area contributed by atoms with E-state index in [9.17, 15) is 0 Å². The molecule has 0 spiro atoms. The van der Waals surface area contributed by atoms with E-state index < -0.39 is 0 Å². The number of nitrogen functional groups attached to an aromatic ring is 1. The van der Waals surface area contributed by atoms with Gasteiger partial charge in [-0.25, -0.2) is 0 Å². The molecule has 2 rings (SSSR count). The molecule has 1 aromatic heterocycles. The number of hydrogen-bond acceptors (Lipinski definition) is 4. The highest BCUT2D eigenvalue weighted by molar-refractivity contribution is 6.02. The van der Waals surface area contributed by atoms with E-state index in [2.05, 4.69) is 4.98 Å². The van der Waals surface area contributed by atoms with E-state index in [0.29, 0.717) is 11.3 Å². The molecule has 0 bridgehead atoms. The van der Waals surface area contributed by atoms with Gasteiger partial charge in [0.05, 0.1) is 17.7 Å². The smallest absolute Gasteiger partial charge is 0.141 e. The number of para-hydroxylation sites is 1. The fraction of sp³-hybridized carbons (Fsp3) is 0.167. The Balaban J connectivity index is 2.61. The molecular weight excluding hydrogens is 218 g/mol. The zero-order valence-electron chi connectivity index (χ0n) is 9.18. The number of aromatic nitrogens is 1. The second kappa shape index (κ2) is 4.80. The highest BCUT2D eigenvalue weighted by Crippen LogP contribution is 2.27. The Labute approximate surface area is 98.4 Å². The van der Waals surface area contributed by atoms with Gasteiger partial charge in [-0.1, -0.05) is 12.1 Å². The van der Waals surface area contributed by atoms with Gasteiger partial charge in [-0.3, -0.25) is 10.4 Å². The maximum Gasteiger partial charge on any atom is 0.141 e. The van der Waals surface area contributed by atoms with Crippen molar-refractivity contribution in [2.24, 2.45) is 5.73 Å². The minimum Gasteiger partial charge on any atom is -0.490 e. The first-order valence-corrected chi connectivity index (χ1v) is 5.20. The fourth-order valence-electron chi connectivity index (χ4n) is 1.61. The number of rotatable bonds is 4. The van der Waals surface area contributed by atoms with E-state index >= 15 is 0 Å². The van der Waals surface area contributed by atoms with Gasteiger partial charge >= 0.3 is 0 Å². The summed E-state index contributed by atoms with van der Waals surface area (Å²) in [6, 6.07) is 7.44. The molecule has 88 valence electrons. The lowest BCUT2D eigenvalue weighted by Gasteiger charge is -2.12. The molecule has 0 fully saturated rings. The van der Waals surface area contributed by atoms with Gasteiger partial charge in [0.2, 0.25) is 0 Å². The van der Waals surface area contributed by atoms with Crippen molar-refractivity contribution in [3.05, 3.63) is 36.0 Å². The fourth-order valence-corrected chi connectivity index (χ4v) is 1.61. The van der Waals surface area contributed by atoms with Crippen LogP contribution >= 0.6 is 0 Å². The van der Waals surface area contributed by atoms with Crippen molar-refractivity contribution in [2.45, 2.75) is 0 Å². The normalized spacial score (nSPS) is 10.4. The van der Waals surface area contributed by atoms with Gasteiger partial charge in [0.25, 0.3) is 0 Å². The summed E-state index contributed by atoms with van der Waals surface area (Å²) < 4.78 is 5.45. The monoisotopic (exact) mass is 231 g/mol. The summed E-state index contributed by atoms with van der Waals surface area (Å²) in [6.07, 6.45) is 1.51. The maximum atomic E-state index is 8.80. The van der Waals surface area contributed by atoms with Crippen LogP contribution < -0.4 is 10.5 Å². The van der Waals surface area contributed by atoms with Crippen molar-refractivity contribution in [3.63, 3.8) is 0 Å². The van der Waals surface area contributed by atoms with Gasteiger partial charge in [-0.15, -0.1) is 0 Å². The summed E-state index contributed by atoms with van der Waals surface area (Å²) in [5.41, 5.74) is 6.69. The zero-order valence-corrected chi connectivity index (χ0v) is 9.18. The molecule has 0 aliphatic heterocycles. The van der Waals surface area contributed by atoms with Gasteiger partial charge in [0, 0.05) is 11.6 Å². The minimum absolute atomic E-state index is 0.0893. The Morgan fingerprint density at radius 3 is 2.88 bits per heavy atom. The summed E-state index contributed by atoms with van der Waals surface area (Å²) >= 11 is 0. The molecule has 4 N–H and O–H groups in total. The number of nitrogens with two attached hydrogens (primary N) is 1. The number of hydrogen-bond donors (Lipinski definition) is 3. The highest BCUT2D eigenvalue weighted by Gasteiger charge is 2.11. The molecule has 0 saturated carbocycles. The molecule has 0 saturated heterocycles. The summed E-state index contributed by atoms with van der Waals surface area (Å²) in [4.78, 5) is 4.21. The average molecular weight is 231 g/mol. The number of nitrogens with zero attached hydrogens (tertiary/aromatic N) is 1. The van der Waals surface area contributed by atoms with Gasteiger partial charge in [-0.2, -0.15) is 0 Å². The minimum atomic E-state index is -0.101. The van der Waals surface area contributed by atoms with E-state index in [1.165, 1.54) is 6.20 Å². The molecule has 2 aromatic rings. The van der Waals surface area contributed by atoms with Crippen LogP contribution in [-0.2, 0) is 0 Å². The number of aliphatic hydroxyl groups is 1. The van der Waals surface area contributed by atoms with Crippen molar-refractivity contribution in [2.75, 3.05) is 13.2 Å². The van der Waals surface area contributed by atoms with Crippen molar-refractivity contribution < 1.29 is 9.84 Å². The first-order valence-electron chi connectivity index (χ1n) is 5.20. The van der Waals surface area contributed by atoms with Crippen molar-refractivity contribution in [1.82, 2.24) is 4.98 Å². The van der Waals surface area contributed by atoms with Gasteiger partial charge in [0.15, 0.2) is 0 Å². The van der Waals surface area contributed by atoms with E-state index in [1.54, 1.807) is 0 Å². The topological polar surface area (TPSA) is 92.2 Å². The number of amidine groups is 1. The largest absolute Gasteiger partial charge is 0.490 e. The van der Waals surface area contributed by atoms with Crippen LogP contribution in [0.2, 0.25) is 0 Å². The number of pyridine rings is 1. The van der Waals surface area contributed by atoms with Gasteiger partial charge < -0.3 is 15.6 Å². The maximum absolute atomic E-state index is 8.80. The molecule has 0 aliphatic rings. The van der Waals surface area contributed by atoms with Crippen molar-refractivity contribution in [1.29, 1.82) is 5.41 Å². The third-order valence-electron chi connectivity index (χ3n) is 2.35. The van der Waals surface area contributed by atoms with Crippen LogP contribution in [-0.4, -0.2) is 29.1 Å². The number of benzene rings is 1. The first-order chi connectivity index (χ1) is 8.24. The second-order valence-corrected chi connectivity index (χ2v) is 3.50. The van der Waals surface area contributed by atoms with E-state index in [1.807, 2.05) is 24.3 Å². The molecule has 17 heavy (non-hydrogen) atoms. The Kier molecular flexibility index (Phi) is 3.20. The quantitative estimate of drug-likeness (QED) is 0.538. The lowest BCUT2D eigenvalue weighted by atomic mass is 10.1. The van der Waals surface area contributed by atoms with Crippen LogP contribution in [0.15, 0.2) is 30.5 Å². The average Bonchev–Trinajstić information content (AvgIpc) is 2.35. The second-order valence-electron chi connectivity index (χ2n) is 3.50. The molecule has 1 aromatic carbocycles. The predicted octanol–water partition coefficient (Wildman–Crippen LogP) is 0.890. The number of aliphatic hydroxyl groups excluding tert-OH is 1. The molecule has 1 heterocycles. The Hall–Kier alpha value is -2.14. The SMILES string of the molecule is N=C(N)c1cnc2ccccc2c1OCCO. The van der Waals surface area contributed by atoms with Crippen LogP contribution in [0, 0.1) is 5.41 Å². The van der Waals surface area contributed by atoms with E-state index in [-0.39, 0.29) is 19.0 Å². The van der Waals surface area contributed by atoms with Crippen molar-refractivity contribution >= 4 is 16.7 Å². The predicted molar refractivity (Wildman–Crippen MR) is 65.3 cm³/mol. The Morgan fingerprint density at radius 2 is 2.18 bits per heavy atom. The lowest BCUT2D eigenvalue weighted by Crippen LogP contribution is -2.15. The third kappa shape index (κ3) is 2.19. The first kappa shape index (κ1) is 11.3. The molecule has 0 atom stereocenters. The Morgan fingerprint density at radius 1 is 1.41 bits per heavy atom. The van der Waals surface area contributed by atoms with Gasteiger partial charge in [-0.05, 0) is 12.1 Å². The Bertz CT molecular complexity index is 554. The third-order valence-corrected chi connectivity index (χ3v) is 2.35. The molecular formula is C12H13N3O2. The molecule has 0 aliphatic carbocycles. The van der Waals surface area contributed by atoms with Crippen LogP contribution in [0.5, 0.6) is 5.75 Å².